The number of ether oxygens (including phenoxy) is 2. The van der Waals surface area contributed by atoms with Gasteiger partial charge in [-0.15, -0.1) is 11.3 Å². The number of aromatic nitrogens is 1. The molecule has 1 N–H and O–H groups in total. The number of nitrogens with zero attached hydrogens (tertiary/aromatic N) is 2. The second-order valence-corrected chi connectivity index (χ2v) is 8.79. The molecule has 0 unspecified atom stereocenters. The van der Waals surface area contributed by atoms with Crippen molar-refractivity contribution in [2.24, 2.45) is 0 Å². The number of methoxy groups -OCH3 is 1. The van der Waals surface area contributed by atoms with Crippen molar-refractivity contribution < 1.29 is 17.9 Å². The average molecular weight is 398 g/mol. The van der Waals surface area contributed by atoms with Gasteiger partial charge in [0, 0.05) is 25.0 Å². The lowest BCUT2D eigenvalue weighted by Crippen LogP contribution is -2.35. The molecule has 2 aromatic rings. The molecule has 3 rings (SSSR count). The van der Waals surface area contributed by atoms with Crippen LogP contribution in [0.15, 0.2) is 28.5 Å². The molecule has 7 nitrogen and oxygen atoms in total. The van der Waals surface area contributed by atoms with E-state index in [0.717, 1.165) is 49.1 Å². The van der Waals surface area contributed by atoms with E-state index in [1.54, 1.807) is 25.3 Å². The quantitative estimate of drug-likeness (QED) is 0.767. The van der Waals surface area contributed by atoms with E-state index >= 15 is 0 Å². The van der Waals surface area contributed by atoms with E-state index in [1.165, 1.54) is 11.3 Å². The van der Waals surface area contributed by atoms with Crippen molar-refractivity contribution >= 4 is 21.4 Å². The summed E-state index contributed by atoms with van der Waals surface area (Å²) in [5.74, 6) is 0.664. The minimum Gasteiger partial charge on any atom is -0.496 e. The van der Waals surface area contributed by atoms with E-state index in [-0.39, 0.29) is 11.4 Å². The predicted octanol–water partition coefficient (Wildman–Crippen LogP) is 1.77. The Kier molecular flexibility index (Phi) is 6.25. The number of benzene rings is 1. The van der Waals surface area contributed by atoms with Crippen LogP contribution in [0, 0.1) is 6.92 Å². The molecule has 1 fully saturated rings. The third-order valence-electron chi connectivity index (χ3n) is 4.18. The van der Waals surface area contributed by atoms with E-state index in [2.05, 4.69) is 14.6 Å². The van der Waals surface area contributed by atoms with Gasteiger partial charge in [0.1, 0.15) is 10.8 Å². The highest BCUT2D eigenvalue weighted by Crippen LogP contribution is 2.21. The Hall–Kier alpha value is -1.52. The number of hydrogen-bond donors (Lipinski definition) is 1. The lowest BCUT2D eigenvalue weighted by atomic mass is 10.2. The zero-order chi connectivity index (χ0) is 18.6. The number of sulfonamides is 1. The standard InChI is InChI=1S/C17H23N3O4S2/c1-13-9-15(3-4-16(13)23-2)26(21,22)18-10-17-19-14(12-25-17)11-20-5-7-24-8-6-20/h3-4,9,12,18H,5-8,10-11H2,1-2H3. The number of aryl methyl sites for hydroxylation is 1. The second kappa shape index (κ2) is 8.45. The smallest absolute Gasteiger partial charge is 0.240 e. The normalized spacial score (nSPS) is 15.9. The number of morpholine rings is 1. The molecular weight excluding hydrogens is 374 g/mol. The molecule has 1 aromatic heterocycles. The van der Waals surface area contributed by atoms with Crippen LogP contribution < -0.4 is 9.46 Å². The van der Waals surface area contributed by atoms with Crippen LogP contribution in [-0.4, -0.2) is 51.7 Å². The van der Waals surface area contributed by atoms with Gasteiger partial charge in [0.25, 0.3) is 0 Å². The summed E-state index contributed by atoms with van der Waals surface area (Å²) in [5, 5.41) is 2.73. The summed E-state index contributed by atoms with van der Waals surface area (Å²) < 4.78 is 38.1. The van der Waals surface area contributed by atoms with Crippen molar-refractivity contribution in [1.29, 1.82) is 0 Å². The second-order valence-electron chi connectivity index (χ2n) is 6.08. The van der Waals surface area contributed by atoms with E-state index in [1.807, 2.05) is 12.3 Å². The largest absolute Gasteiger partial charge is 0.496 e. The van der Waals surface area contributed by atoms with Gasteiger partial charge < -0.3 is 9.47 Å². The van der Waals surface area contributed by atoms with E-state index in [4.69, 9.17) is 9.47 Å². The number of nitrogens with one attached hydrogen (secondary N) is 1. The van der Waals surface area contributed by atoms with Crippen molar-refractivity contribution in [3.8, 4) is 5.75 Å². The van der Waals surface area contributed by atoms with Gasteiger partial charge in [0.05, 0.1) is 37.5 Å². The molecule has 0 aliphatic carbocycles. The van der Waals surface area contributed by atoms with Crippen molar-refractivity contribution in [2.45, 2.75) is 24.9 Å². The highest BCUT2D eigenvalue weighted by atomic mass is 32.2. The Bertz CT molecular complexity index is 845. The maximum absolute atomic E-state index is 12.5. The summed E-state index contributed by atoms with van der Waals surface area (Å²) in [5.41, 5.74) is 1.74. The highest BCUT2D eigenvalue weighted by Gasteiger charge is 2.17. The van der Waals surface area contributed by atoms with Gasteiger partial charge in [0.15, 0.2) is 0 Å². The van der Waals surface area contributed by atoms with Crippen LogP contribution >= 0.6 is 11.3 Å². The minimum absolute atomic E-state index is 0.182. The SMILES string of the molecule is COc1ccc(S(=O)(=O)NCc2nc(CN3CCOCC3)cs2)cc1C. The summed E-state index contributed by atoms with van der Waals surface area (Å²) in [6.45, 7) is 6.06. The van der Waals surface area contributed by atoms with Crippen molar-refractivity contribution in [1.82, 2.24) is 14.6 Å². The molecule has 9 heteroatoms. The summed E-state index contributed by atoms with van der Waals surface area (Å²) in [7, 11) is -2.03. The maximum Gasteiger partial charge on any atom is 0.240 e. The lowest BCUT2D eigenvalue weighted by Gasteiger charge is -2.25. The van der Waals surface area contributed by atoms with Crippen molar-refractivity contribution in [3.05, 3.63) is 39.8 Å². The molecule has 0 amide bonds. The summed E-state index contributed by atoms with van der Waals surface area (Å²) in [4.78, 5) is 7.04. The van der Waals surface area contributed by atoms with Gasteiger partial charge in [-0.05, 0) is 30.7 Å². The number of thiazole rings is 1. The molecule has 0 saturated carbocycles. The molecule has 0 atom stereocenters. The molecule has 1 aromatic carbocycles. The fourth-order valence-electron chi connectivity index (χ4n) is 2.75. The Morgan fingerprint density at radius 3 is 2.81 bits per heavy atom. The van der Waals surface area contributed by atoms with Crippen LogP contribution in [0.5, 0.6) is 5.75 Å². The fourth-order valence-corrected chi connectivity index (χ4v) is 4.64. The van der Waals surface area contributed by atoms with Gasteiger partial charge in [-0.2, -0.15) is 0 Å². The van der Waals surface area contributed by atoms with Gasteiger partial charge in [-0.25, -0.2) is 18.1 Å². The Morgan fingerprint density at radius 2 is 2.12 bits per heavy atom. The molecule has 26 heavy (non-hydrogen) atoms. The van der Waals surface area contributed by atoms with E-state index in [0.29, 0.717) is 5.75 Å². The molecule has 1 saturated heterocycles. The highest BCUT2D eigenvalue weighted by molar-refractivity contribution is 7.89. The first-order valence-corrected chi connectivity index (χ1v) is 10.7. The van der Waals surface area contributed by atoms with Crippen LogP contribution in [0.2, 0.25) is 0 Å². The van der Waals surface area contributed by atoms with Gasteiger partial charge >= 0.3 is 0 Å². The van der Waals surface area contributed by atoms with Crippen LogP contribution in [-0.2, 0) is 27.8 Å². The molecule has 0 bridgehead atoms. The molecule has 0 radical (unpaired) electrons. The van der Waals surface area contributed by atoms with E-state index < -0.39 is 10.0 Å². The average Bonchev–Trinajstić information content (AvgIpc) is 3.08. The van der Waals surface area contributed by atoms with Crippen molar-refractivity contribution in [3.63, 3.8) is 0 Å². The summed E-state index contributed by atoms with van der Waals surface area (Å²) in [6.07, 6.45) is 0. The third kappa shape index (κ3) is 4.80. The van der Waals surface area contributed by atoms with Crippen LogP contribution in [0.3, 0.4) is 0 Å². The molecular formula is C17H23N3O4S2. The monoisotopic (exact) mass is 397 g/mol. The number of hydrogen-bond acceptors (Lipinski definition) is 7. The van der Waals surface area contributed by atoms with E-state index in [9.17, 15) is 8.42 Å². The first kappa shape index (κ1) is 19.2. The molecule has 2 heterocycles. The maximum atomic E-state index is 12.5. The molecule has 0 spiro atoms. The Balaban J connectivity index is 1.60. The van der Waals surface area contributed by atoms with Crippen LogP contribution in [0.25, 0.3) is 0 Å². The van der Waals surface area contributed by atoms with Crippen LogP contribution in [0.1, 0.15) is 16.3 Å². The minimum atomic E-state index is -3.59. The molecule has 1 aliphatic rings. The predicted molar refractivity (Wildman–Crippen MR) is 100.0 cm³/mol. The van der Waals surface area contributed by atoms with Gasteiger partial charge in [-0.1, -0.05) is 0 Å². The summed E-state index contributed by atoms with van der Waals surface area (Å²) >= 11 is 1.47. The Morgan fingerprint density at radius 1 is 1.35 bits per heavy atom. The van der Waals surface area contributed by atoms with Crippen LogP contribution in [0.4, 0.5) is 0 Å². The molecule has 1 aliphatic heterocycles. The first-order chi connectivity index (χ1) is 12.5. The first-order valence-electron chi connectivity index (χ1n) is 8.35. The summed E-state index contributed by atoms with van der Waals surface area (Å²) in [6, 6.07) is 4.81. The van der Waals surface area contributed by atoms with Gasteiger partial charge in [0.2, 0.25) is 10.0 Å². The zero-order valence-electron chi connectivity index (χ0n) is 14.9. The number of rotatable bonds is 7. The molecule has 142 valence electrons. The Labute approximate surface area is 158 Å². The topological polar surface area (TPSA) is 80.8 Å². The fraction of sp³-hybridized carbons (Fsp3) is 0.471. The van der Waals surface area contributed by atoms with Crippen molar-refractivity contribution in [2.75, 3.05) is 33.4 Å². The zero-order valence-corrected chi connectivity index (χ0v) is 16.5. The lowest BCUT2D eigenvalue weighted by molar-refractivity contribution is 0.0337. The third-order valence-corrected chi connectivity index (χ3v) is 6.48. The van der Waals surface area contributed by atoms with Gasteiger partial charge in [-0.3, -0.25) is 4.90 Å².